The SMILES string of the molecule is CCOC1CC(=[N+]=[N-])C(=O)N1. The molecule has 5 heteroatoms. The minimum atomic E-state index is -0.356. The van der Waals surface area contributed by atoms with Crippen molar-refractivity contribution in [2.75, 3.05) is 6.61 Å². The van der Waals surface area contributed by atoms with Gasteiger partial charge in [0.25, 0.3) is 0 Å². The highest BCUT2D eigenvalue weighted by molar-refractivity contribution is 6.38. The third-order valence-corrected chi connectivity index (χ3v) is 1.42. The molecule has 0 aromatic heterocycles. The van der Waals surface area contributed by atoms with E-state index < -0.39 is 0 Å². The van der Waals surface area contributed by atoms with Crippen LogP contribution in [0.5, 0.6) is 0 Å². The summed E-state index contributed by atoms with van der Waals surface area (Å²) in [6, 6.07) is 0. The van der Waals surface area contributed by atoms with Crippen molar-refractivity contribution in [2.45, 2.75) is 19.6 Å². The second-order valence-electron chi connectivity index (χ2n) is 2.17. The van der Waals surface area contributed by atoms with Crippen LogP contribution >= 0.6 is 0 Å². The van der Waals surface area contributed by atoms with E-state index in [0.29, 0.717) is 13.0 Å². The maximum atomic E-state index is 10.8. The highest BCUT2D eigenvalue weighted by Gasteiger charge is 2.34. The Morgan fingerprint density at radius 3 is 3.09 bits per heavy atom. The fourth-order valence-electron chi connectivity index (χ4n) is 0.937. The van der Waals surface area contributed by atoms with E-state index in [-0.39, 0.29) is 17.8 Å². The molecule has 1 amide bonds. The van der Waals surface area contributed by atoms with Crippen molar-refractivity contribution in [1.29, 1.82) is 0 Å². The molecular weight excluding hydrogens is 146 g/mol. The van der Waals surface area contributed by atoms with Crippen molar-refractivity contribution in [2.24, 2.45) is 0 Å². The van der Waals surface area contributed by atoms with Gasteiger partial charge in [-0.25, -0.2) is 0 Å². The van der Waals surface area contributed by atoms with Gasteiger partial charge in [-0.2, -0.15) is 4.79 Å². The minimum absolute atomic E-state index is 0.128. The van der Waals surface area contributed by atoms with Crippen LogP contribution in [0.1, 0.15) is 13.3 Å². The molecule has 1 N–H and O–H groups in total. The lowest BCUT2D eigenvalue weighted by atomic mass is 10.3. The van der Waals surface area contributed by atoms with Crippen LogP contribution in [-0.2, 0) is 9.53 Å². The molecule has 1 aliphatic heterocycles. The molecule has 1 saturated heterocycles. The number of rotatable bonds is 2. The van der Waals surface area contributed by atoms with Crippen LogP contribution < -0.4 is 5.32 Å². The van der Waals surface area contributed by atoms with Crippen LogP contribution in [0, 0.1) is 0 Å². The van der Waals surface area contributed by atoms with E-state index in [4.69, 9.17) is 10.3 Å². The molecule has 5 nitrogen and oxygen atoms in total. The summed E-state index contributed by atoms with van der Waals surface area (Å²) in [5.41, 5.74) is 8.42. The number of nitrogens with zero attached hydrogens (tertiary/aromatic N) is 2. The smallest absolute Gasteiger partial charge is 0.360 e. The summed E-state index contributed by atoms with van der Waals surface area (Å²) in [5, 5.41) is 2.50. The van der Waals surface area contributed by atoms with E-state index in [9.17, 15) is 4.79 Å². The molecule has 1 unspecified atom stereocenters. The number of carbonyl (C=O) groups excluding carboxylic acids is 1. The lowest BCUT2D eigenvalue weighted by Gasteiger charge is -2.05. The van der Waals surface area contributed by atoms with Gasteiger partial charge in [0.2, 0.25) is 0 Å². The monoisotopic (exact) mass is 155 g/mol. The Morgan fingerprint density at radius 1 is 1.91 bits per heavy atom. The average Bonchev–Trinajstić information content (AvgIpc) is 2.32. The Bertz CT molecular complexity index is 220. The summed E-state index contributed by atoms with van der Waals surface area (Å²) in [6.07, 6.45) is 0.0156. The fraction of sp³-hybridized carbons (Fsp3) is 0.667. The third kappa shape index (κ3) is 1.63. The lowest BCUT2D eigenvalue weighted by Crippen LogP contribution is -2.28. The Labute approximate surface area is 64.0 Å². The lowest BCUT2D eigenvalue weighted by molar-refractivity contribution is -0.119. The van der Waals surface area contributed by atoms with Gasteiger partial charge in [-0.15, -0.1) is 0 Å². The van der Waals surface area contributed by atoms with Crippen molar-refractivity contribution in [1.82, 2.24) is 5.32 Å². The van der Waals surface area contributed by atoms with Crippen molar-refractivity contribution in [3.8, 4) is 0 Å². The van der Waals surface area contributed by atoms with Gasteiger partial charge in [-0.1, -0.05) is 0 Å². The van der Waals surface area contributed by atoms with Crippen molar-refractivity contribution in [3.63, 3.8) is 0 Å². The van der Waals surface area contributed by atoms with Gasteiger partial charge in [-0.3, -0.25) is 4.79 Å². The zero-order valence-electron chi connectivity index (χ0n) is 6.20. The van der Waals surface area contributed by atoms with Crippen LogP contribution in [-0.4, -0.2) is 29.2 Å². The number of hydrogen-bond acceptors (Lipinski definition) is 2. The largest absolute Gasteiger partial charge is 0.361 e. The molecule has 0 aliphatic carbocycles. The maximum Gasteiger partial charge on any atom is 0.360 e. The summed E-state index contributed by atoms with van der Waals surface area (Å²) in [5.74, 6) is -0.356. The summed E-state index contributed by atoms with van der Waals surface area (Å²) in [4.78, 5) is 13.6. The molecule has 1 aliphatic rings. The van der Waals surface area contributed by atoms with Crippen LogP contribution in [0.15, 0.2) is 0 Å². The summed E-state index contributed by atoms with van der Waals surface area (Å²) < 4.78 is 5.08. The molecule has 11 heavy (non-hydrogen) atoms. The molecule has 0 radical (unpaired) electrons. The second kappa shape index (κ2) is 3.27. The topological polar surface area (TPSA) is 74.7 Å². The van der Waals surface area contributed by atoms with Gasteiger partial charge < -0.3 is 15.6 Å². The minimum Gasteiger partial charge on any atom is -0.361 e. The second-order valence-corrected chi connectivity index (χ2v) is 2.17. The number of hydrogen-bond donors (Lipinski definition) is 1. The molecule has 1 rings (SSSR count). The van der Waals surface area contributed by atoms with Gasteiger partial charge in [0.15, 0.2) is 0 Å². The van der Waals surface area contributed by atoms with Gasteiger partial charge in [0, 0.05) is 6.61 Å². The van der Waals surface area contributed by atoms with Gasteiger partial charge >= 0.3 is 11.6 Å². The van der Waals surface area contributed by atoms with Crippen LogP contribution in [0.25, 0.3) is 5.53 Å². The van der Waals surface area contributed by atoms with Crippen LogP contribution in [0.3, 0.4) is 0 Å². The van der Waals surface area contributed by atoms with Gasteiger partial charge in [0.05, 0.1) is 0 Å². The zero-order chi connectivity index (χ0) is 8.27. The zero-order valence-corrected chi connectivity index (χ0v) is 6.20. The van der Waals surface area contributed by atoms with Crippen LogP contribution in [0.4, 0.5) is 0 Å². The Morgan fingerprint density at radius 2 is 2.64 bits per heavy atom. The average molecular weight is 155 g/mol. The predicted molar refractivity (Wildman–Crippen MR) is 36.8 cm³/mol. The quantitative estimate of drug-likeness (QED) is 0.432. The summed E-state index contributed by atoms with van der Waals surface area (Å²) in [6.45, 7) is 2.36. The predicted octanol–water partition coefficient (Wildman–Crippen LogP) is -0.460. The molecule has 0 aromatic rings. The van der Waals surface area contributed by atoms with Crippen molar-refractivity contribution < 1.29 is 14.3 Å². The summed E-state index contributed by atoms with van der Waals surface area (Å²) >= 11 is 0. The van der Waals surface area contributed by atoms with Gasteiger partial charge in [0.1, 0.15) is 12.6 Å². The maximum absolute atomic E-state index is 10.8. The van der Waals surface area contributed by atoms with Crippen molar-refractivity contribution in [3.05, 3.63) is 5.53 Å². The molecule has 60 valence electrons. The first-order valence-corrected chi connectivity index (χ1v) is 3.41. The number of carbonyl (C=O) groups is 1. The van der Waals surface area contributed by atoms with E-state index in [1.54, 1.807) is 0 Å². The van der Waals surface area contributed by atoms with E-state index in [1.807, 2.05) is 6.92 Å². The van der Waals surface area contributed by atoms with Crippen LogP contribution in [0.2, 0.25) is 0 Å². The molecular formula is C6H9N3O2. The molecule has 0 spiro atoms. The normalized spacial score (nSPS) is 23.2. The Hall–Kier alpha value is -1.19. The highest BCUT2D eigenvalue weighted by Crippen LogP contribution is 2.03. The van der Waals surface area contributed by atoms with Gasteiger partial charge in [-0.05, 0) is 6.92 Å². The molecule has 1 atom stereocenters. The van der Waals surface area contributed by atoms with Crippen molar-refractivity contribution >= 4 is 11.6 Å². The Balaban J connectivity index is 2.57. The number of nitrogens with one attached hydrogen (secondary N) is 1. The first-order chi connectivity index (χ1) is 5.27. The van der Waals surface area contributed by atoms with E-state index in [1.165, 1.54) is 0 Å². The molecule has 1 heterocycles. The molecule has 1 fully saturated rings. The summed E-state index contributed by atoms with van der Waals surface area (Å²) in [7, 11) is 0. The molecule has 0 bridgehead atoms. The first kappa shape index (κ1) is 7.91. The standard InChI is InChI=1S/C6H9N3O2/c1-2-11-5-3-4(9-7)6(10)8-5/h5H,2-3H2,1H3,(H,8,10). The first-order valence-electron chi connectivity index (χ1n) is 3.41. The molecule has 0 aromatic carbocycles. The Kier molecular flexibility index (Phi) is 2.36. The molecule has 0 saturated carbocycles. The highest BCUT2D eigenvalue weighted by atomic mass is 16.5. The third-order valence-electron chi connectivity index (χ3n) is 1.42. The van der Waals surface area contributed by atoms with E-state index in [0.717, 1.165) is 0 Å². The number of ether oxygens (including phenoxy) is 1. The fourth-order valence-corrected chi connectivity index (χ4v) is 0.937. The van der Waals surface area contributed by atoms with E-state index in [2.05, 4.69) is 10.1 Å². The number of amides is 1. The van der Waals surface area contributed by atoms with E-state index >= 15 is 0 Å².